The third-order valence-electron chi connectivity index (χ3n) is 3.42. The molecule has 2 aromatic rings. The Labute approximate surface area is 114 Å². The van der Waals surface area contributed by atoms with Crippen molar-refractivity contribution < 1.29 is 9.21 Å². The second-order valence-electron chi connectivity index (χ2n) is 4.61. The SMILES string of the molecule is O=C(c1coc2ccccc12)N1CCC(Br)CC1. The van der Waals surface area contributed by atoms with Crippen molar-refractivity contribution in [3.05, 3.63) is 36.1 Å². The number of benzene rings is 1. The molecule has 3 rings (SSSR count). The lowest BCUT2D eigenvalue weighted by Crippen LogP contribution is -2.38. The zero-order valence-corrected chi connectivity index (χ0v) is 11.5. The van der Waals surface area contributed by atoms with E-state index in [-0.39, 0.29) is 5.91 Å². The number of carbonyl (C=O) groups excluding carboxylic acids is 1. The van der Waals surface area contributed by atoms with Gasteiger partial charge in [0.05, 0.1) is 5.56 Å². The first-order valence-electron chi connectivity index (χ1n) is 6.15. The Morgan fingerprint density at radius 3 is 2.78 bits per heavy atom. The van der Waals surface area contributed by atoms with Crippen LogP contribution >= 0.6 is 15.9 Å². The van der Waals surface area contributed by atoms with Crippen LogP contribution in [0.5, 0.6) is 0 Å². The van der Waals surface area contributed by atoms with Crippen LogP contribution < -0.4 is 0 Å². The van der Waals surface area contributed by atoms with Crippen molar-refractivity contribution in [3.8, 4) is 0 Å². The highest BCUT2D eigenvalue weighted by atomic mass is 79.9. The summed E-state index contributed by atoms with van der Waals surface area (Å²) in [5, 5.41) is 0.906. The Morgan fingerprint density at radius 2 is 2.00 bits per heavy atom. The van der Waals surface area contributed by atoms with Crippen LogP contribution in [0.15, 0.2) is 34.9 Å². The summed E-state index contributed by atoms with van der Waals surface area (Å²) >= 11 is 3.60. The first kappa shape index (κ1) is 11.8. The van der Waals surface area contributed by atoms with Crippen LogP contribution in [0, 0.1) is 0 Å². The Kier molecular flexibility index (Phi) is 3.12. The molecule has 0 N–H and O–H groups in total. The highest BCUT2D eigenvalue weighted by Crippen LogP contribution is 2.24. The third kappa shape index (κ3) is 2.05. The first-order valence-corrected chi connectivity index (χ1v) is 7.07. The minimum absolute atomic E-state index is 0.0827. The van der Waals surface area contributed by atoms with Gasteiger partial charge in [-0.1, -0.05) is 34.1 Å². The second-order valence-corrected chi connectivity index (χ2v) is 5.91. The number of carbonyl (C=O) groups is 1. The number of furan rings is 1. The van der Waals surface area contributed by atoms with Crippen molar-refractivity contribution in [2.24, 2.45) is 0 Å². The lowest BCUT2D eigenvalue weighted by molar-refractivity contribution is 0.0729. The number of alkyl halides is 1. The maximum absolute atomic E-state index is 12.4. The molecule has 3 nitrogen and oxygen atoms in total. The van der Waals surface area contributed by atoms with E-state index < -0.39 is 0 Å². The van der Waals surface area contributed by atoms with E-state index in [2.05, 4.69) is 15.9 Å². The van der Waals surface area contributed by atoms with Crippen LogP contribution in [0.25, 0.3) is 11.0 Å². The van der Waals surface area contributed by atoms with Crippen LogP contribution in [0.3, 0.4) is 0 Å². The monoisotopic (exact) mass is 307 g/mol. The summed E-state index contributed by atoms with van der Waals surface area (Å²) in [4.78, 5) is 14.9. The van der Waals surface area contributed by atoms with Gasteiger partial charge in [-0.05, 0) is 18.9 Å². The summed E-state index contributed by atoms with van der Waals surface area (Å²) in [6, 6.07) is 7.66. The number of piperidine rings is 1. The number of para-hydroxylation sites is 1. The maximum atomic E-state index is 12.4. The van der Waals surface area contributed by atoms with Crippen LogP contribution in [0.2, 0.25) is 0 Å². The predicted octanol–water partition coefficient (Wildman–Crippen LogP) is 3.43. The maximum Gasteiger partial charge on any atom is 0.257 e. The highest BCUT2D eigenvalue weighted by Gasteiger charge is 2.24. The fraction of sp³-hybridized carbons (Fsp3) is 0.357. The van der Waals surface area contributed by atoms with Crippen LogP contribution in [0.4, 0.5) is 0 Å². The van der Waals surface area contributed by atoms with Gasteiger partial charge in [0.25, 0.3) is 5.91 Å². The Balaban J connectivity index is 1.88. The number of hydrogen-bond donors (Lipinski definition) is 0. The molecule has 1 saturated heterocycles. The molecule has 0 atom stereocenters. The smallest absolute Gasteiger partial charge is 0.257 e. The van der Waals surface area contributed by atoms with E-state index in [1.807, 2.05) is 29.2 Å². The van der Waals surface area contributed by atoms with Crippen molar-refractivity contribution in [3.63, 3.8) is 0 Å². The van der Waals surface area contributed by atoms with E-state index in [4.69, 9.17) is 4.42 Å². The lowest BCUT2D eigenvalue weighted by atomic mass is 10.1. The molecule has 18 heavy (non-hydrogen) atoms. The topological polar surface area (TPSA) is 33.5 Å². The largest absolute Gasteiger partial charge is 0.463 e. The number of amides is 1. The average molecular weight is 308 g/mol. The molecule has 1 fully saturated rings. The Morgan fingerprint density at radius 1 is 1.28 bits per heavy atom. The molecular formula is C14H14BrNO2. The van der Waals surface area contributed by atoms with Gasteiger partial charge < -0.3 is 9.32 Å². The predicted molar refractivity (Wildman–Crippen MR) is 74.1 cm³/mol. The Bertz CT molecular complexity index is 570. The molecule has 4 heteroatoms. The van der Waals surface area contributed by atoms with Crippen LogP contribution in [-0.2, 0) is 0 Å². The van der Waals surface area contributed by atoms with Gasteiger partial charge in [-0.25, -0.2) is 0 Å². The number of fused-ring (bicyclic) bond motifs is 1. The molecule has 0 unspecified atom stereocenters. The highest BCUT2D eigenvalue weighted by molar-refractivity contribution is 9.09. The molecule has 1 aliphatic rings. The fourth-order valence-electron chi connectivity index (χ4n) is 2.36. The van der Waals surface area contributed by atoms with E-state index >= 15 is 0 Å². The molecule has 0 spiro atoms. The quantitative estimate of drug-likeness (QED) is 0.756. The minimum Gasteiger partial charge on any atom is -0.463 e. The van der Waals surface area contributed by atoms with Gasteiger partial charge in [0, 0.05) is 23.3 Å². The van der Waals surface area contributed by atoms with Crippen LogP contribution in [-0.4, -0.2) is 28.7 Å². The Hall–Kier alpha value is -1.29. The molecule has 0 radical (unpaired) electrons. The number of likely N-dealkylation sites (tertiary alicyclic amines) is 1. The van der Waals surface area contributed by atoms with Gasteiger partial charge in [0.2, 0.25) is 0 Å². The van der Waals surface area contributed by atoms with Crippen molar-refractivity contribution >= 4 is 32.8 Å². The number of halogens is 1. The third-order valence-corrected chi connectivity index (χ3v) is 4.34. The molecule has 2 heterocycles. The zero-order valence-electron chi connectivity index (χ0n) is 9.93. The summed E-state index contributed by atoms with van der Waals surface area (Å²) in [6.07, 6.45) is 3.61. The van der Waals surface area contributed by atoms with Gasteiger partial charge >= 0.3 is 0 Å². The number of hydrogen-bond acceptors (Lipinski definition) is 2. The van der Waals surface area contributed by atoms with Crippen molar-refractivity contribution in [1.82, 2.24) is 4.90 Å². The summed E-state index contributed by atoms with van der Waals surface area (Å²) in [6.45, 7) is 1.63. The summed E-state index contributed by atoms with van der Waals surface area (Å²) in [5.41, 5.74) is 1.45. The van der Waals surface area contributed by atoms with Gasteiger partial charge in [0.1, 0.15) is 11.8 Å². The van der Waals surface area contributed by atoms with E-state index in [1.165, 1.54) is 0 Å². The number of rotatable bonds is 1. The molecule has 0 bridgehead atoms. The van der Waals surface area contributed by atoms with E-state index in [0.717, 1.165) is 36.9 Å². The summed E-state index contributed by atoms with van der Waals surface area (Å²) in [5.74, 6) is 0.0827. The van der Waals surface area contributed by atoms with E-state index in [9.17, 15) is 4.79 Å². The van der Waals surface area contributed by atoms with Crippen molar-refractivity contribution in [2.75, 3.05) is 13.1 Å². The van der Waals surface area contributed by atoms with Gasteiger partial charge in [0.15, 0.2) is 0 Å². The lowest BCUT2D eigenvalue weighted by Gasteiger charge is -2.29. The van der Waals surface area contributed by atoms with Gasteiger partial charge in [-0.15, -0.1) is 0 Å². The van der Waals surface area contributed by atoms with E-state index in [0.29, 0.717) is 10.4 Å². The first-order chi connectivity index (χ1) is 8.75. The zero-order chi connectivity index (χ0) is 12.5. The normalized spacial score (nSPS) is 17.3. The van der Waals surface area contributed by atoms with E-state index in [1.54, 1.807) is 6.26 Å². The average Bonchev–Trinajstić information content (AvgIpc) is 2.82. The van der Waals surface area contributed by atoms with Crippen molar-refractivity contribution in [1.29, 1.82) is 0 Å². The summed E-state index contributed by atoms with van der Waals surface area (Å²) < 4.78 is 5.43. The molecule has 1 aliphatic heterocycles. The fourth-order valence-corrected chi connectivity index (χ4v) is 2.77. The summed E-state index contributed by atoms with van der Waals surface area (Å²) in [7, 11) is 0. The molecule has 1 aromatic carbocycles. The van der Waals surface area contributed by atoms with Crippen molar-refractivity contribution in [2.45, 2.75) is 17.7 Å². The van der Waals surface area contributed by atoms with Crippen LogP contribution in [0.1, 0.15) is 23.2 Å². The standard InChI is InChI=1S/C14H14BrNO2/c15-10-5-7-16(8-6-10)14(17)12-9-18-13-4-2-1-3-11(12)13/h1-4,9-10H,5-8H2. The molecule has 0 aliphatic carbocycles. The molecular weight excluding hydrogens is 294 g/mol. The molecule has 94 valence electrons. The number of nitrogens with zero attached hydrogens (tertiary/aromatic N) is 1. The minimum atomic E-state index is 0.0827. The molecule has 1 amide bonds. The molecule has 1 aromatic heterocycles. The van der Waals surface area contributed by atoms with Gasteiger partial charge in [-0.2, -0.15) is 0 Å². The molecule has 0 saturated carbocycles. The van der Waals surface area contributed by atoms with Gasteiger partial charge in [-0.3, -0.25) is 4.79 Å². The second kappa shape index (κ2) is 4.76.